The highest BCUT2D eigenvalue weighted by molar-refractivity contribution is 6.42. The van der Waals surface area contributed by atoms with Crippen LogP contribution in [0, 0.1) is 10.1 Å². The molecule has 8 nitrogen and oxygen atoms in total. The largest absolute Gasteiger partial charge is 0.355 e. The maximum atomic E-state index is 11.5. The van der Waals surface area contributed by atoms with Crippen molar-refractivity contribution in [2.75, 3.05) is 16.2 Å². The van der Waals surface area contributed by atoms with Crippen LogP contribution < -0.4 is 16.2 Å². The second-order valence-corrected chi connectivity index (χ2v) is 5.86. The molecule has 1 heterocycles. The van der Waals surface area contributed by atoms with Crippen LogP contribution in [0.5, 0.6) is 0 Å². The summed E-state index contributed by atoms with van der Waals surface area (Å²) in [4.78, 5) is 18.9. The number of benzene rings is 2. The molecule has 0 aliphatic heterocycles. The van der Waals surface area contributed by atoms with E-state index in [1.807, 2.05) is 18.2 Å². The Labute approximate surface area is 158 Å². The van der Waals surface area contributed by atoms with Crippen LogP contribution in [0.1, 0.15) is 0 Å². The molecule has 3 aromatic rings. The van der Waals surface area contributed by atoms with Gasteiger partial charge in [-0.3, -0.25) is 21.0 Å². The van der Waals surface area contributed by atoms with Gasteiger partial charge in [0.05, 0.1) is 20.7 Å². The predicted octanol–water partition coefficient (Wildman–Crippen LogP) is 4.87. The van der Waals surface area contributed by atoms with Gasteiger partial charge in [-0.15, -0.1) is 0 Å². The number of halogens is 2. The Balaban J connectivity index is 1.88. The standard InChI is InChI=1S/C16H12Cl2N6O2/c17-12-7-6-11(8-13(12)18)21-15-14(24(25)26)16(20-9-19-15)23-22-10-4-2-1-3-5-10/h1-9,22H,(H2,19,20,21,23). The van der Waals surface area contributed by atoms with E-state index in [0.29, 0.717) is 15.7 Å². The molecule has 1 aromatic heterocycles. The van der Waals surface area contributed by atoms with Crippen molar-refractivity contribution >= 4 is 51.9 Å². The highest BCUT2D eigenvalue weighted by Gasteiger charge is 2.23. The number of nitrogens with one attached hydrogen (secondary N) is 3. The first kappa shape index (κ1) is 17.7. The Kier molecular flexibility index (Phi) is 5.35. The molecule has 0 spiro atoms. The topological polar surface area (TPSA) is 105 Å². The Hall–Kier alpha value is -3.10. The molecule has 26 heavy (non-hydrogen) atoms. The number of rotatable bonds is 6. The van der Waals surface area contributed by atoms with Crippen molar-refractivity contribution in [2.24, 2.45) is 0 Å². The lowest BCUT2D eigenvalue weighted by Gasteiger charge is -2.11. The van der Waals surface area contributed by atoms with Gasteiger partial charge in [-0.1, -0.05) is 41.4 Å². The zero-order valence-corrected chi connectivity index (χ0v) is 14.6. The first-order valence-corrected chi connectivity index (χ1v) is 8.08. The molecule has 132 valence electrons. The lowest BCUT2D eigenvalue weighted by molar-refractivity contribution is -0.383. The first-order chi connectivity index (χ1) is 12.5. The summed E-state index contributed by atoms with van der Waals surface area (Å²) < 4.78 is 0. The molecule has 0 aliphatic rings. The minimum atomic E-state index is -0.575. The molecule has 10 heteroatoms. The van der Waals surface area contributed by atoms with Gasteiger partial charge in [0, 0.05) is 5.69 Å². The summed E-state index contributed by atoms with van der Waals surface area (Å²) in [6.45, 7) is 0. The fourth-order valence-electron chi connectivity index (χ4n) is 2.10. The van der Waals surface area contributed by atoms with E-state index in [9.17, 15) is 10.1 Å². The third-order valence-corrected chi connectivity index (χ3v) is 4.03. The van der Waals surface area contributed by atoms with Crippen LogP contribution in [0.2, 0.25) is 10.0 Å². The van der Waals surface area contributed by atoms with Gasteiger partial charge in [0.15, 0.2) is 0 Å². The molecule has 0 fully saturated rings. The van der Waals surface area contributed by atoms with E-state index in [-0.39, 0.29) is 17.3 Å². The van der Waals surface area contributed by atoms with E-state index in [1.165, 1.54) is 6.33 Å². The molecule has 0 atom stereocenters. The minimum Gasteiger partial charge on any atom is -0.334 e. The number of hydrogen-bond acceptors (Lipinski definition) is 7. The molecule has 3 N–H and O–H groups in total. The van der Waals surface area contributed by atoms with Gasteiger partial charge in [0.25, 0.3) is 0 Å². The van der Waals surface area contributed by atoms with Crippen molar-refractivity contribution < 1.29 is 4.92 Å². The summed E-state index contributed by atoms with van der Waals surface area (Å²) in [5.74, 6) is 0.0252. The van der Waals surface area contributed by atoms with E-state index in [4.69, 9.17) is 23.2 Å². The molecule has 0 bridgehead atoms. The normalized spacial score (nSPS) is 10.2. The van der Waals surface area contributed by atoms with Crippen molar-refractivity contribution in [3.63, 3.8) is 0 Å². The summed E-state index contributed by atoms with van der Waals surface area (Å²) in [5.41, 5.74) is 6.49. The maximum absolute atomic E-state index is 11.5. The molecular weight excluding hydrogens is 379 g/mol. The van der Waals surface area contributed by atoms with E-state index in [0.717, 1.165) is 5.69 Å². The second-order valence-electron chi connectivity index (χ2n) is 5.05. The van der Waals surface area contributed by atoms with Crippen molar-refractivity contribution in [3.8, 4) is 0 Å². The Morgan fingerprint density at radius 2 is 1.62 bits per heavy atom. The monoisotopic (exact) mass is 390 g/mol. The van der Waals surface area contributed by atoms with Crippen LogP contribution >= 0.6 is 23.2 Å². The molecule has 0 radical (unpaired) electrons. The van der Waals surface area contributed by atoms with Gasteiger partial charge in [0.2, 0.25) is 11.6 Å². The van der Waals surface area contributed by atoms with Crippen molar-refractivity contribution in [2.45, 2.75) is 0 Å². The lowest BCUT2D eigenvalue weighted by atomic mass is 10.3. The first-order valence-electron chi connectivity index (χ1n) is 7.33. The summed E-state index contributed by atoms with van der Waals surface area (Å²) in [7, 11) is 0. The van der Waals surface area contributed by atoms with Crippen LogP contribution in [0.4, 0.5) is 28.7 Å². The minimum absolute atomic E-state index is 0.0106. The SMILES string of the molecule is O=[N+]([O-])c1c(NNc2ccccc2)ncnc1Nc1ccc(Cl)c(Cl)c1. The van der Waals surface area contributed by atoms with Gasteiger partial charge < -0.3 is 5.32 Å². The van der Waals surface area contributed by atoms with E-state index < -0.39 is 4.92 Å². The van der Waals surface area contributed by atoms with E-state index in [2.05, 4.69) is 26.1 Å². The van der Waals surface area contributed by atoms with E-state index >= 15 is 0 Å². The van der Waals surface area contributed by atoms with Crippen LogP contribution in [0.15, 0.2) is 54.9 Å². The predicted molar refractivity (Wildman–Crippen MR) is 102 cm³/mol. The van der Waals surface area contributed by atoms with Crippen LogP contribution in [-0.4, -0.2) is 14.9 Å². The third kappa shape index (κ3) is 4.11. The van der Waals surface area contributed by atoms with Gasteiger partial charge in [0.1, 0.15) is 6.33 Å². The number of nitro groups is 1. The molecule has 0 saturated heterocycles. The van der Waals surface area contributed by atoms with Gasteiger partial charge in [-0.25, -0.2) is 9.97 Å². The lowest BCUT2D eigenvalue weighted by Crippen LogP contribution is -2.13. The molecule has 0 amide bonds. The van der Waals surface area contributed by atoms with Gasteiger partial charge >= 0.3 is 5.69 Å². The molecular formula is C16H12Cl2N6O2. The average Bonchev–Trinajstić information content (AvgIpc) is 2.64. The fraction of sp³-hybridized carbons (Fsp3) is 0. The number of nitrogens with zero attached hydrogens (tertiary/aromatic N) is 3. The van der Waals surface area contributed by atoms with Crippen LogP contribution in [-0.2, 0) is 0 Å². The molecule has 2 aromatic carbocycles. The maximum Gasteiger partial charge on any atom is 0.355 e. The highest BCUT2D eigenvalue weighted by atomic mass is 35.5. The quantitative estimate of drug-likeness (QED) is 0.407. The molecule has 3 rings (SSSR count). The number of hydrogen-bond donors (Lipinski definition) is 3. The summed E-state index contributed by atoms with van der Waals surface area (Å²) >= 11 is 11.8. The molecule has 0 unspecified atom stereocenters. The van der Waals surface area contributed by atoms with Crippen molar-refractivity contribution in [1.29, 1.82) is 0 Å². The second kappa shape index (κ2) is 7.85. The number of hydrazine groups is 1. The third-order valence-electron chi connectivity index (χ3n) is 3.29. The fourth-order valence-corrected chi connectivity index (χ4v) is 2.40. The van der Waals surface area contributed by atoms with Gasteiger partial charge in [-0.05, 0) is 30.3 Å². The Bertz CT molecular complexity index is 939. The molecule has 0 saturated carbocycles. The van der Waals surface area contributed by atoms with Crippen LogP contribution in [0.25, 0.3) is 0 Å². The summed E-state index contributed by atoms with van der Waals surface area (Å²) in [6, 6.07) is 13.9. The zero-order chi connectivity index (χ0) is 18.5. The number of anilines is 4. The summed E-state index contributed by atoms with van der Waals surface area (Å²) in [6.07, 6.45) is 1.21. The smallest absolute Gasteiger partial charge is 0.334 e. The Morgan fingerprint density at radius 1 is 0.885 bits per heavy atom. The van der Waals surface area contributed by atoms with Gasteiger partial charge in [-0.2, -0.15) is 0 Å². The molecule has 0 aliphatic carbocycles. The van der Waals surface area contributed by atoms with Crippen LogP contribution in [0.3, 0.4) is 0 Å². The summed E-state index contributed by atoms with van der Waals surface area (Å²) in [5, 5.41) is 15.1. The van der Waals surface area contributed by atoms with Crippen molar-refractivity contribution in [1.82, 2.24) is 9.97 Å². The van der Waals surface area contributed by atoms with Crippen molar-refractivity contribution in [3.05, 3.63) is 75.0 Å². The Morgan fingerprint density at radius 3 is 2.31 bits per heavy atom. The number of aromatic nitrogens is 2. The number of para-hydroxylation sites is 1. The zero-order valence-electron chi connectivity index (χ0n) is 13.1. The average molecular weight is 391 g/mol. The highest BCUT2D eigenvalue weighted by Crippen LogP contribution is 2.33. The van der Waals surface area contributed by atoms with E-state index in [1.54, 1.807) is 30.3 Å².